The zero-order chi connectivity index (χ0) is 14.6. The van der Waals surface area contributed by atoms with Gasteiger partial charge in [0.25, 0.3) is 0 Å². The fourth-order valence-corrected chi connectivity index (χ4v) is 3.08. The van der Waals surface area contributed by atoms with Gasteiger partial charge in [0.05, 0.1) is 15.3 Å². The van der Waals surface area contributed by atoms with Crippen LogP contribution in [0, 0.1) is 3.57 Å². The molecule has 2 aromatic heterocycles. The summed E-state index contributed by atoms with van der Waals surface area (Å²) in [4.78, 5) is 8.67. The normalized spacial score (nSPS) is 11.8. The molecule has 2 rings (SSSR count). The van der Waals surface area contributed by atoms with E-state index in [0.717, 1.165) is 33.0 Å². The minimum absolute atomic E-state index is 0.264. The van der Waals surface area contributed by atoms with Crippen molar-refractivity contribution >= 4 is 41.7 Å². The quantitative estimate of drug-likeness (QED) is 0.318. The molecule has 0 aliphatic heterocycles. The van der Waals surface area contributed by atoms with Gasteiger partial charge in [-0.05, 0) is 40.8 Å². The lowest BCUT2D eigenvalue weighted by atomic mass is 10.3. The topological polar surface area (TPSA) is 44.2 Å². The fourth-order valence-electron chi connectivity index (χ4n) is 1.61. The third-order valence-corrected chi connectivity index (χ3v) is 5.57. The van der Waals surface area contributed by atoms with E-state index < -0.39 is 8.07 Å². The third kappa shape index (κ3) is 4.39. The summed E-state index contributed by atoms with van der Waals surface area (Å²) in [5, 5.41) is 0. The maximum Gasteiger partial charge on any atom is 0.189 e. The Balaban J connectivity index is 1.92. The first-order chi connectivity index (χ1) is 9.47. The summed E-state index contributed by atoms with van der Waals surface area (Å²) in [6.07, 6.45) is 3.49. The predicted octanol–water partition coefficient (Wildman–Crippen LogP) is 3.93. The van der Waals surface area contributed by atoms with Crippen LogP contribution < -0.4 is 4.74 Å². The number of aromatic nitrogens is 2. The SMILES string of the molecule is C[Si](C)(C)CCOCOc1cnc2cccnc2c1I. The molecule has 0 aliphatic rings. The standard InChI is InChI=1S/C14H19IN2O2Si/c1-20(2,3)8-7-18-10-19-12-9-17-11-5-4-6-16-14(11)13(12)15/h4-6,9H,7-8,10H2,1-3H3. The van der Waals surface area contributed by atoms with E-state index >= 15 is 0 Å². The van der Waals surface area contributed by atoms with Crippen LogP contribution in [0.1, 0.15) is 0 Å². The molecule has 0 fully saturated rings. The monoisotopic (exact) mass is 402 g/mol. The Kier molecular flexibility index (Phi) is 5.33. The number of rotatable bonds is 6. The van der Waals surface area contributed by atoms with Crippen molar-refractivity contribution in [3.05, 3.63) is 28.1 Å². The van der Waals surface area contributed by atoms with Gasteiger partial charge >= 0.3 is 0 Å². The molecule has 4 nitrogen and oxygen atoms in total. The van der Waals surface area contributed by atoms with E-state index in [9.17, 15) is 0 Å². The van der Waals surface area contributed by atoms with Crippen molar-refractivity contribution in [3.63, 3.8) is 0 Å². The summed E-state index contributed by atoms with van der Waals surface area (Å²) in [5.74, 6) is 0.727. The van der Waals surface area contributed by atoms with Crippen LogP contribution in [-0.2, 0) is 4.74 Å². The van der Waals surface area contributed by atoms with Gasteiger partial charge in [-0.2, -0.15) is 0 Å². The Morgan fingerprint density at radius 3 is 2.80 bits per heavy atom. The number of pyridine rings is 2. The number of nitrogens with zero attached hydrogens (tertiary/aromatic N) is 2. The van der Waals surface area contributed by atoms with Crippen molar-refractivity contribution in [1.29, 1.82) is 0 Å². The summed E-state index contributed by atoms with van der Waals surface area (Å²) in [5.41, 5.74) is 1.75. The van der Waals surface area contributed by atoms with Crippen LogP contribution in [0.15, 0.2) is 24.5 Å². The lowest BCUT2D eigenvalue weighted by Gasteiger charge is -2.15. The second kappa shape index (κ2) is 6.82. The molecule has 108 valence electrons. The highest BCUT2D eigenvalue weighted by Gasteiger charge is 2.12. The smallest absolute Gasteiger partial charge is 0.189 e. The maximum absolute atomic E-state index is 5.64. The first kappa shape index (κ1) is 15.7. The maximum atomic E-state index is 5.64. The van der Waals surface area contributed by atoms with Crippen LogP contribution in [0.5, 0.6) is 5.75 Å². The second-order valence-corrected chi connectivity index (χ2v) is 12.5. The van der Waals surface area contributed by atoms with Crippen LogP contribution in [0.4, 0.5) is 0 Å². The van der Waals surface area contributed by atoms with Gasteiger partial charge < -0.3 is 9.47 Å². The number of hydrogen-bond donors (Lipinski definition) is 0. The molecule has 0 bridgehead atoms. The van der Waals surface area contributed by atoms with Crippen molar-refractivity contribution in [3.8, 4) is 5.75 Å². The lowest BCUT2D eigenvalue weighted by Crippen LogP contribution is -2.22. The largest absolute Gasteiger partial charge is 0.465 e. The molecule has 0 unspecified atom stereocenters. The second-order valence-electron chi connectivity index (χ2n) is 5.79. The van der Waals surface area contributed by atoms with E-state index in [2.05, 4.69) is 52.2 Å². The van der Waals surface area contributed by atoms with Gasteiger partial charge in [0, 0.05) is 20.9 Å². The molecule has 0 radical (unpaired) electrons. The summed E-state index contributed by atoms with van der Waals surface area (Å²) in [6.45, 7) is 8.02. The number of ether oxygens (including phenoxy) is 2. The van der Waals surface area contributed by atoms with Gasteiger partial charge in [-0.3, -0.25) is 9.97 Å². The number of halogens is 1. The van der Waals surface area contributed by atoms with E-state index in [1.54, 1.807) is 12.4 Å². The third-order valence-electron chi connectivity index (χ3n) is 2.83. The van der Waals surface area contributed by atoms with Crippen LogP contribution in [-0.4, -0.2) is 31.4 Å². The lowest BCUT2D eigenvalue weighted by molar-refractivity contribution is 0.0214. The molecule has 6 heteroatoms. The molecule has 0 saturated carbocycles. The van der Waals surface area contributed by atoms with Crippen LogP contribution in [0.25, 0.3) is 11.0 Å². The fraction of sp³-hybridized carbons (Fsp3) is 0.429. The molecule has 0 atom stereocenters. The van der Waals surface area contributed by atoms with Gasteiger partial charge in [-0.15, -0.1) is 0 Å². The summed E-state index contributed by atoms with van der Waals surface area (Å²) < 4.78 is 12.2. The molecule has 20 heavy (non-hydrogen) atoms. The summed E-state index contributed by atoms with van der Waals surface area (Å²) >= 11 is 2.24. The summed E-state index contributed by atoms with van der Waals surface area (Å²) in [6, 6.07) is 4.97. The molecule has 2 aromatic rings. The van der Waals surface area contributed by atoms with Crippen molar-refractivity contribution in [2.24, 2.45) is 0 Å². The number of hydrogen-bond acceptors (Lipinski definition) is 4. The highest BCUT2D eigenvalue weighted by molar-refractivity contribution is 14.1. The highest BCUT2D eigenvalue weighted by atomic mass is 127. The Bertz CT molecular complexity index is 587. The minimum Gasteiger partial charge on any atom is -0.465 e. The number of fused-ring (bicyclic) bond motifs is 1. The van der Waals surface area contributed by atoms with Crippen molar-refractivity contribution in [2.75, 3.05) is 13.4 Å². The van der Waals surface area contributed by atoms with E-state index in [-0.39, 0.29) is 6.79 Å². The predicted molar refractivity (Wildman–Crippen MR) is 91.9 cm³/mol. The van der Waals surface area contributed by atoms with Gasteiger partial charge in [0.15, 0.2) is 12.5 Å². The zero-order valence-corrected chi connectivity index (χ0v) is 15.2. The molecule has 0 spiro atoms. The van der Waals surface area contributed by atoms with Crippen LogP contribution in [0.2, 0.25) is 25.7 Å². The van der Waals surface area contributed by atoms with E-state index in [0.29, 0.717) is 0 Å². The van der Waals surface area contributed by atoms with Crippen LogP contribution in [0.3, 0.4) is 0 Å². The van der Waals surface area contributed by atoms with E-state index in [1.165, 1.54) is 0 Å². The minimum atomic E-state index is -1.04. The Hall–Kier alpha value is -0.733. The summed E-state index contributed by atoms with van der Waals surface area (Å²) in [7, 11) is -1.04. The zero-order valence-electron chi connectivity index (χ0n) is 12.0. The molecular weight excluding hydrogens is 383 g/mol. The molecule has 0 N–H and O–H groups in total. The molecule has 2 heterocycles. The van der Waals surface area contributed by atoms with E-state index in [4.69, 9.17) is 9.47 Å². The Labute approximate surface area is 134 Å². The molecular formula is C14H19IN2O2Si. The van der Waals surface area contributed by atoms with Crippen molar-refractivity contribution < 1.29 is 9.47 Å². The average molecular weight is 402 g/mol. The van der Waals surface area contributed by atoms with Gasteiger partial charge in [0.2, 0.25) is 0 Å². The first-order valence-corrected chi connectivity index (χ1v) is 11.4. The molecule has 0 saturated heterocycles. The van der Waals surface area contributed by atoms with Crippen molar-refractivity contribution in [1.82, 2.24) is 9.97 Å². The van der Waals surface area contributed by atoms with Gasteiger partial charge in [-0.1, -0.05) is 19.6 Å². The molecule has 0 amide bonds. The first-order valence-electron chi connectivity index (χ1n) is 6.57. The Morgan fingerprint density at radius 2 is 2.05 bits per heavy atom. The highest BCUT2D eigenvalue weighted by Crippen LogP contribution is 2.26. The van der Waals surface area contributed by atoms with Crippen LogP contribution >= 0.6 is 22.6 Å². The van der Waals surface area contributed by atoms with Crippen molar-refractivity contribution in [2.45, 2.75) is 25.7 Å². The van der Waals surface area contributed by atoms with Gasteiger partial charge in [0.1, 0.15) is 5.52 Å². The van der Waals surface area contributed by atoms with Gasteiger partial charge in [-0.25, -0.2) is 0 Å². The average Bonchev–Trinajstić information content (AvgIpc) is 2.40. The molecule has 0 aliphatic carbocycles. The molecule has 0 aromatic carbocycles. The van der Waals surface area contributed by atoms with E-state index in [1.807, 2.05) is 12.1 Å². The Morgan fingerprint density at radius 1 is 1.25 bits per heavy atom.